The quantitative estimate of drug-likeness (QED) is 0.861. The second-order valence-electron chi connectivity index (χ2n) is 7.71. The Morgan fingerprint density at radius 2 is 1.48 bits per heavy atom. The van der Waals surface area contributed by atoms with E-state index in [0.29, 0.717) is 13.1 Å². The zero-order valence-corrected chi connectivity index (χ0v) is 17.2. The lowest BCUT2D eigenvalue weighted by Gasteiger charge is -2.35. The van der Waals surface area contributed by atoms with E-state index in [-0.39, 0.29) is 6.03 Å². The molecule has 7 heteroatoms. The number of nitrogens with one attached hydrogen (secondary N) is 1. The molecule has 2 aromatic rings. The second kappa shape index (κ2) is 9.11. The van der Waals surface area contributed by atoms with Crippen LogP contribution >= 0.6 is 0 Å². The highest BCUT2D eigenvalue weighted by Crippen LogP contribution is 2.20. The van der Waals surface area contributed by atoms with Gasteiger partial charge in [-0.3, -0.25) is 0 Å². The fourth-order valence-electron chi connectivity index (χ4n) is 4.06. The molecule has 4 rings (SSSR count). The Labute approximate surface area is 172 Å². The molecule has 2 aliphatic rings. The first kappa shape index (κ1) is 19.5. The van der Waals surface area contributed by atoms with Gasteiger partial charge in [-0.1, -0.05) is 25.1 Å². The minimum atomic E-state index is -0.0305. The molecule has 1 aromatic carbocycles. The molecule has 29 heavy (non-hydrogen) atoms. The second-order valence-corrected chi connectivity index (χ2v) is 7.71. The van der Waals surface area contributed by atoms with E-state index in [1.54, 1.807) is 0 Å². The molecule has 154 valence electrons. The average molecular weight is 395 g/mol. The summed E-state index contributed by atoms with van der Waals surface area (Å²) in [6.07, 6.45) is 4.67. The van der Waals surface area contributed by atoms with Gasteiger partial charge in [0, 0.05) is 45.0 Å². The van der Waals surface area contributed by atoms with Gasteiger partial charge in [0.1, 0.15) is 0 Å². The lowest BCUT2D eigenvalue weighted by molar-refractivity contribution is 0.208. The molecule has 0 spiro atoms. The molecule has 7 nitrogen and oxygen atoms in total. The van der Waals surface area contributed by atoms with Crippen LogP contribution in [0.25, 0.3) is 0 Å². The van der Waals surface area contributed by atoms with E-state index in [1.807, 2.05) is 23.1 Å². The van der Waals surface area contributed by atoms with Crippen LogP contribution in [0.3, 0.4) is 0 Å². The van der Waals surface area contributed by atoms with Crippen LogP contribution in [-0.2, 0) is 6.42 Å². The number of para-hydroxylation sites is 1. The maximum absolute atomic E-state index is 12.7. The number of hydrogen-bond acceptors (Lipinski definition) is 5. The van der Waals surface area contributed by atoms with Crippen molar-refractivity contribution in [3.63, 3.8) is 0 Å². The predicted molar refractivity (Wildman–Crippen MR) is 117 cm³/mol. The minimum Gasteiger partial charge on any atom is -0.355 e. The smallest absolute Gasteiger partial charge is 0.321 e. The van der Waals surface area contributed by atoms with Gasteiger partial charge >= 0.3 is 6.03 Å². The fraction of sp³-hybridized carbons (Fsp3) is 0.500. The van der Waals surface area contributed by atoms with Crippen LogP contribution < -0.4 is 15.1 Å². The third-order valence-electron chi connectivity index (χ3n) is 5.85. The van der Waals surface area contributed by atoms with Crippen molar-refractivity contribution in [3.05, 3.63) is 42.0 Å². The molecule has 0 radical (unpaired) electrons. The number of piperazine rings is 1. The van der Waals surface area contributed by atoms with Crippen molar-refractivity contribution in [3.8, 4) is 0 Å². The molecule has 1 aromatic heterocycles. The topological polar surface area (TPSA) is 64.6 Å². The third kappa shape index (κ3) is 4.60. The molecule has 2 aliphatic heterocycles. The van der Waals surface area contributed by atoms with Crippen molar-refractivity contribution >= 4 is 23.4 Å². The van der Waals surface area contributed by atoms with Crippen LogP contribution in [0.5, 0.6) is 0 Å². The van der Waals surface area contributed by atoms with Gasteiger partial charge in [-0.25, -0.2) is 4.79 Å². The lowest BCUT2D eigenvalue weighted by atomic mass is 10.1. The Hall–Kier alpha value is -2.83. The lowest BCUT2D eigenvalue weighted by Crippen LogP contribution is -2.50. The monoisotopic (exact) mass is 394 g/mol. The Morgan fingerprint density at radius 3 is 2.10 bits per heavy atom. The molecule has 2 saturated heterocycles. The van der Waals surface area contributed by atoms with Crippen molar-refractivity contribution in [2.75, 3.05) is 54.4 Å². The van der Waals surface area contributed by atoms with Gasteiger partial charge in [-0.2, -0.15) is 0 Å². The largest absolute Gasteiger partial charge is 0.355 e. The highest BCUT2D eigenvalue weighted by Gasteiger charge is 2.23. The summed E-state index contributed by atoms with van der Waals surface area (Å²) in [6, 6.07) is 12.1. The molecule has 0 saturated carbocycles. The average Bonchev–Trinajstić information content (AvgIpc) is 2.80. The van der Waals surface area contributed by atoms with Gasteiger partial charge in [0.15, 0.2) is 11.6 Å². The summed E-state index contributed by atoms with van der Waals surface area (Å²) in [6.45, 7) is 7.12. The van der Waals surface area contributed by atoms with E-state index in [1.165, 1.54) is 19.3 Å². The standard InChI is InChI=1S/C22H30N6O/c1-2-18-8-4-5-9-19(18)23-22(29)28-16-14-27(15-17-28)21-11-10-20(24-25-21)26-12-6-3-7-13-26/h4-5,8-11H,2-3,6-7,12-17H2,1H3,(H,23,29). The van der Waals surface area contributed by atoms with Crippen molar-refractivity contribution in [1.29, 1.82) is 0 Å². The van der Waals surface area contributed by atoms with Crippen LogP contribution in [0.2, 0.25) is 0 Å². The summed E-state index contributed by atoms with van der Waals surface area (Å²) in [5.41, 5.74) is 2.06. The maximum atomic E-state index is 12.7. The molecular weight excluding hydrogens is 364 g/mol. The molecular formula is C22H30N6O. The summed E-state index contributed by atoms with van der Waals surface area (Å²) in [5, 5.41) is 12.0. The van der Waals surface area contributed by atoms with Crippen molar-refractivity contribution < 1.29 is 4.79 Å². The van der Waals surface area contributed by atoms with E-state index in [2.05, 4.69) is 50.4 Å². The maximum Gasteiger partial charge on any atom is 0.321 e. The number of urea groups is 1. The van der Waals surface area contributed by atoms with Gasteiger partial charge < -0.3 is 20.0 Å². The number of carbonyl (C=O) groups is 1. The first-order valence-corrected chi connectivity index (χ1v) is 10.7. The first-order chi connectivity index (χ1) is 14.2. The van der Waals surface area contributed by atoms with Crippen LogP contribution in [0.4, 0.5) is 22.1 Å². The number of hydrogen-bond donors (Lipinski definition) is 1. The first-order valence-electron chi connectivity index (χ1n) is 10.7. The molecule has 1 N–H and O–H groups in total. The summed E-state index contributed by atoms with van der Waals surface area (Å²) in [5.74, 6) is 1.86. The molecule has 2 fully saturated rings. The van der Waals surface area contributed by atoms with Crippen molar-refractivity contribution in [2.45, 2.75) is 32.6 Å². The van der Waals surface area contributed by atoms with Crippen LogP contribution in [0.15, 0.2) is 36.4 Å². The third-order valence-corrected chi connectivity index (χ3v) is 5.85. The molecule has 0 unspecified atom stereocenters. The summed E-state index contributed by atoms with van der Waals surface area (Å²) < 4.78 is 0. The zero-order valence-electron chi connectivity index (χ0n) is 17.2. The van der Waals surface area contributed by atoms with Crippen molar-refractivity contribution in [2.24, 2.45) is 0 Å². The number of aromatic nitrogens is 2. The van der Waals surface area contributed by atoms with E-state index in [0.717, 1.165) is 55.5 Å². The fourth-order valence-corrected chi connectivity index (χ4v) is 4.06. The van der Waals surface area contributed by atoms with E-state index in [4.69, 9.17) is 0 Å². The zero-order chi connectivity index (χ0) is 20.1. The SMILES string of the molecule is CCc1ccccc1NC(=O)N1CCN(c2ccc(N3CCCCC3)nn2)CC1. The number of piperidine rings is 1. The summed E-state index contributed by atoms with van der Waals surface area (Å²) in [4.78, 5) is 19.1. The minimum absolute atomic E-state index is 0.0305. The van der Waals surface area contributed by atoms with Gasteiger partial charge in [0.25, 0.3) is 0 Å². The highest BCUT2D eigenvalue weighted by atomic mass is 16.2. The highest BCUT2D eigenvalue weighted by molar-refractivity contribution is 5.90. The van der Waals surface area contributed by atoms with Gasteiger partial charge in [0.05, 0.1) is 0 Å². The van der Waals surface area contributed by atoms with Crippen LogP contribution in [0, 0.1) is 0 Å². The van der Waals surface area contributed by atoms with Crippen LogP contribution in [-0.4, -0.2) is 60.4 Å². The number of aryl methyl sites for hydroxylation is 1. The Kier molecular flexibility index (Phi) is 6.12. The number of nitrogens with zero attached hydrogens (tertiary/aromatic N) is 5. The number of amides is 2. The van der Waals surface area contributed by atoms with Gasteiger partial charge in [-0.05, 0) is 49.4 Å². The number of benzene rings is 1. The number of anilines is 3. The Bertz CT molecular complexity index is 810. The Morgan fingerprint density at radius 1 is 0.862 bits per heavy atom. The number of rotatable bonds is 4. The van der Waals surface area contributed by atoms with Gasteiger partial charge in [0.2, 0.25) is 0 Å². The van der Waals surface area contributed by atoms with E-state index >= 15 is 0 Å². The molecule has 0 bridgehead atoms. The normalized spacial score (nSPS) is 17.3. The predicted octanol–water partition coefficient (Wildman–Crippen LogP) is 3.38. The number of carbonyl (C=O) groups excluding carboxylic acids is 1. The molecule has 3 heterocycles. The van der Waals surface area contributed by atoms with Crippen molar-refractivity contribution in [1.82, 2.24) is 15.1 Å². The summed E-state index contributed by atoms with van der Waals surface area (Å²) in [7, 11) is 0. The molecule has 0 aliphatic carbocycles. The van der Waals surface area contributed by atoms with E-state index < -0.39 is 0 Å². The van der Waals surface area contributed by atoms with Gasteiger partial charge in [-0.15, -0.1) is 10.2 Å². The van der Waals surface area contributed by atoms with Crippen LogP contribution in [0.1, 0.15) is 31.7 Å². The molecule has 0 atom stereocenters. The molecule has 2 amide bonds. The summed E-state index contributed by atoms with van der Waals surface area (Å²) >= 11 is 0. The van der Waals surface area contributed by atoms with E-state index in [9.17, 15) is 4.79 Å². The Balaban J connectivity index is 1.31.